The average Bonchev–Trinajstić information content (AvgIpc) is 2.47. The highest BCUT2D eigenvalue weighted by Crippen LogP contribution is 2.54. The van der Waals surface area contributed by atoms with Gasteiger partial charge in [-0.25, -0.2) is 13.8 Å². The molecule has 1 aliphatic rings. The molecule has 0 aliphatic heterocycles. The van der Waals surface area contributed by atoms with Gasteiger partial charge in [-0.2, -0.15) is 0 Å². The molecule has 1 heterocycles. The van der Waals surface area contributed by atoms with Crippen LogP contribution < -0.4 is 5.73 Å². The average molecular weight is 239 g/mol. The Morgan fingerprint density at radius 1 is 1.57 bits per heavy atom. The Labute approximate surface area is 89.1 Å². The zero-order chi connectivity index (χ0) is 10.4. The molecule has 1 fully saturated rings. The molecule has 0 unspecified atom stereocenters. The van der Waals surface area contributed by atoms with Crippen LogP contribution >= 0.6 is 22.9 Å². The van der Waals surface area contributed by atoms with Crippen LogP contribution in [0.2, 0.25) is 4.47 Å². The fourth-order valence-electron chi connectivity index (χ4n) is 1.86. The lowest BCUT2D eigenvalue weighted by Gasteiger charge is -2.45. The van der Waals surface area contributed by atoms with Gasteiger partial charge in [0.2, 0.25) is 5.92 Å². The van der Waals surface area contributed by atoms with Crippen molar-refractivity contribution in [1.82, 2.24) is 4.98 Å². The number of rotatable bonds is 2. The molecule has 0 spiro atoms. The van der Waals surface area contributed by atoms with Gasteiger partial charge < -0.3 is 5.73 Å². The van der Waals surface area contributed by atoms with Gasteiger partial charge in [-0.05, 0) is 0 Å². The largest absolute Gasteiger partial charge is 0.330 e. The van der Waals surface area contributed by atoms with Crippen LogP contribution in [0.1, 0.15) is 17.7 Å². The molecule has 2 rings (SSSR count). The van der Waals surface area contributed by atoms with Crippen LogP contribution in [0.3, 0.4) is 0 Å². The summed E-state index contributed by atoms with van der Waals surface area (Å²) in [6, 6.07) is 0. The molecule has 1 aliphatic carbocycles. The maximum Gasteiger partial charge on any atom is 0.250 e. The first-order valence-corrected chi connectivity index (χ1v) is 5.37. The van der Waals surface area contributed by atoms with E-state index in [1.165, 1.54) is 11.3 Å². The van der Waals surface area contributed by atoms with Gasteiger partial charge in [-0.15, -0.1) is 11.3 Å². The minimum absolute atomic E-state index is 0.185. The van der Waals surface area contributed by atoms with E-state index in [0.717, 1.165) is 4.88 Å². The van der Waals surface area contributed by atoms with E-state index in [1.54, 1.807) is 6.20 Å². The van der Waals surface area contributed by atoms with Crippen molar-refractivity contribution in [1.29, 1.82) is 0 Å². The third kappa shape index (κ3) is 1.53. The van der Waals surface area contributed by atoms with Gasteiger partial charge in [0, 0.05) is 35.9 Å². The molecule has 1 aromatic rings. The Morgan fingerprint density at radius 3 is 2.57 bits per heavy atom. The van der Waals surface area contributed by atoms with Gasteiger partial charge in [-0.3, -0.25) is 0 Å². The molecule has 14 heavy (non-hydrogen) atoms. The van der Waals surface area contributed by atoms with Gasteiger partial charge in [0.1, 0.15) is 0 Å². The van der Waals surface area contributed by atoms with Crippen molar-refractivity contribution < 1.29 is 8.78 Å². The molecular weight excluding hydrogens is 230 g/mol. The molecule has 78 valence electrons. The second kappa shape index (κ2) is 3.12. The van der Waals surface area contributed by atoms with Crippen molar-refractivity contribution in [2.75, 3.05) is 6.54 Å². The van der Waals surface area contributed by atoms with E-state index in [1.807, 2.05) is 0 Å². The first kappa shape index (κ1) is 10.3. The number of hydrogen-bond acceptors (Lipinski definition) is 3. The summed E-state index contributed by atoms with van der Waals surface area (Å²) in [5.74, 6) is -2.57. The highest BCUT2D eigenvalue weighted by atomic mass is 35.5. The molecule has 0 saturated heterocycles. The summed E-state index contributed by atoms with van der Waals surface area (Å²) in [4.78, 5) is 4.62. The third-order valence-corrected chi connectivity index (χ3v) is 3.95. The summed E-state index contributed by atoms with van der Waals surface area (Å²) in [6.45, 7) is 0.223. The van der Waals surface area contributed by atoms with E-state index in [4.69, 9.17) is 17.3 Å². The van der Waals surface area contributed by atoms with Crippen LogP contribution in [0.25, 0.3) is 0 Å². The first-order chi connectivity index (χ1) is 6.47. The van der Waals surface area contributed by atoms with Crippen molar-refractivity contribution in [2.24, 2.45) is 5.73 Å². The van der Waals surface area contributed by atoms with Crippen LogP contribution in [-0.2, 0) is 5.41 Å². The molecular formula is C8H9ClF2N2S. The molecule has 0 aromatic carbocycles. The Balaban J connectivity index is 2.24. The topological polar surface area (TPSA) is 38.9 Å². The summed E-state index contributed by atoms with van der Waals surface area (Å²) in [6.07, 6.45) is 1.18. The lowest BCUT2D eigenvalue weighted by molar-refractivity contribution is -0.122. The Bertz CT molecular complexity index is 345. The fourth-order valence-corrected chi connectivity index (χ4v) is 2.99. The predicted octanol–water partition coefficient (Wildman–Crippen LogP) is 2.42. The molecule has 0 atom stereocenters. The number of aromatic nitrogens is 1. The van der Waals surface area contributed by atoms with Crippen molar-refractivity contribution in [2.45, 2.75) is 24.2 Å². The second-order valence-corrected chi connectivity index (χ2v) is 5.28. The molecule has 6 heteroatoms. The van der Waals surface area contributed by atoms with E-state index in [2.05, 4.69) is 4.98 Å². The molecule has 0 radical (unpaired) electrons. The number of halogens is 3. The van der Waals surface area contributed by atoms with E-state index < -0.39 is 11.3 Å². The zero-order valence-electron chi connectivity index (χ0n) is 7.27. The van der Waals surface area contributed by atoms with Crippen LogP contribution in [0.5, 0.6) is 0 Å². The maximum absolute atomic E-state index is 12.8. The van der Waals surface area contributed by atoms with Gasteiger partial charge >= 0.3 is 0 Å². The lowest BCUT2D eigenvalue weighted by Crippen LogP contribution is -2.53. The Morgan fingerprint density at radius 2 is 2.21 bits per heavy atom. The zero-order valence-corrected chi connectivity index (χ0v) is 8.84. The molecule has 2 nitrogen and oxygen atoms in total. The summed E-state index contributed by atoms with van der Waals surface area (Å²) >= 11 is 6.89. The molecule has 0 amide bonds. The summed E-state index contributed by atoms with van der Waals surface area (Å²) in [5.41, 5.74) is 4.94. The monoisotopic (exact) mass is 238 g/mol. The minimum atomic E-state index is -2.57. The maximum atomic E-state index is 12.8. The van der Waals surface area contributed by atoms with Gasteiger partial charge in [0.25, 0.3) is 0 Å². The third-order valence-electron chi connectivity index (χ3n) is 2.58. The smallest absolute Gasteiger partial charge is 0.250 e. The van der Waals surface area contributed by atoms with Crippen LogP contribution in [0, 0.1) is 0 Å². The number of hydrogen-bond donors (Lipinski definition) is 1. The lowest BCUT2D eigenvalue weighted by atomic mass is 9.65. The number of thiazole rings is 1. The van der Waals surface area contributed by atoms with E-state index in [-0.39, 0.29) is 19.4 Å². The first-order valence-electron chi connectivity index (χ1n) is 4.17. The van der Waals surface area contributed by atoms with Crippen molar-refractivity contribution in [3.8, 4) is 0 Å². The molecule has 0 bridgehead atoms. The minimum Gasteiger partial charge on any atom is -0.330 e. The number of nitrogens with two attached hydrogens (primary N) is 1. The quantitative estimate of drug-likeness (QED) is 0.860. The van der Waals surface area contributed by atoms with E-state index >= 15 is 0 Å². The fraction of sp³-hybridized carbons (Fsp3) is 0.625. The predicted molar refractivity (Wildman–Crippen MR) is 52.0 cm³/mol. The molecule has 1 saturated carbocycles. The highest BCUT2D eigenvalue weighted by Gasteiger charge is 2.57. The van der Waals surface area contributed by atoms with Crippen molar-refractivity contribution >= 4 is 22.9 Å². The second-order valence-electron chi connectivity index (χ2n) is 3.67. The van der Waals surface area contributed by atoms with Crippen LogP contribution in [-0.4, -0.2) is 17.5 Å². The molecule has 1 aromatic heterocycles. The van der Waals surface area contributed by atoms with E-state index in [9.17, 15) is 8.78 Å². The standard InChI is InChI=1S/C8H9ClF2N2S/c9-6-13-1-5(14-6)7(4-12)2-8(10,11)3-7/h1H,2-4,12H2. The van der Waals surface area contributed by atoms with Crippen molar-refractivity contribution in [3.63, 3.8) is 0 Å². The van der Waals surface area contributed by atoms with Crippen molar-refractivity contribution in [3.05, 3.63) is 15.5 Å². The number of alkyl halides is 2. The highest BCUT2D eigenvalue weighted by molar-refractivity contribution is 7.15. The summed E-state index contributed by atoms with van der Waals surface area (Å²) < 4.78 is 26.0. The number of nitrogens with zero attached hydrogens (tertiary/aromatic N) is 1. The SMILES string of the molecule is NCC1(c2cnc(Cl)s2)CC(F)(F)C1. The van der Waals surface area contributed by atoms with Crippen LogP contribution in [0.4, 0.5) is 8.78 Å². The Kier molecular flexibility index (Phi) is 2.28. The Hall–Kier alpha value is -0.260. The van der Waals surface area contributed by atoms with Gasteiger partial charge in [0.15, 0.2) is 4.47 Å². The summed E-state index contributed by atoms with van der Waals surface area (Å²) in [7, 11) is 0. The van der Waals surface area contributed by atoms with E-state index in [0.29, 0.717) is 4.47 Å². The van der Waals surface area contributed by atoms with Crippen LogP contribution in [0.15, 0.2) is 6.20 Å². The normalized spacial score (nSPS) is 23.1. The molecule has 2 N–H and O–H groups in total. The van der Waals surface area contributed by atoms with Gasteiger partial charge in [-0.1, -0.05) is 11.6 Å². The summed E-state index contributed by atoms with van der Waals surface area (Å²) in [5, 5.41) is 0. The van der Waals surface area contributed by atoms with Gasteiger partial charge in [0.05, 0.1) is 0 Å².